The van der Waals surface area contributed by atoms with Gasteiger partial charge in [-0.25, -0.2) is 22.0 Å². The predicted molar refractivity (Wildman–Crippen MR) is 120 cm³/mol. The molecule has 0 saturated heterocycles. The van der Waals surface area contributed by atoms with Crippen LogP contribution in [0.5, 0.6) is 11.5 Å². The number of alkyl halides is 4. The van der Waals surface area contributed by atoms with E-state index in [4.69, 9.17) is 4.74 Å². The molecule has 2 nitrogen and oxygen atoms in total. The van der Waals surface area contributed by atoms with Gasteiger partial charge in [0, 0.05) is 11.1 Å². The molecule has 0 radical (unpaired) electrons. The second-order valence-electron chi connectivity index (χ2n) is 8.17. The van der Waals surface area contributed by atoms with E-state index in [0.717, 1.165) is 24.3 Å². The minimum absolute atomic E-state index is 0.0630. The van der Waals surface area contributed by atoms with Crippen LogP contribution in [0.4, 0.5) is 30.7 Å². The lowest BCUT2D eigenvalue weighted by molar-refractivity contribution is -0.189. The Labute approximate surface area is 203 Å². The molecule has 3 aromatic carbocycles. The molecule has 0 N–H and O–H groups in total. The fourth-order valence-corrected chi connectivity index (χ4v) is 4.20. The lowest BCUT2D eigenvalue weighted by atomic mass is 9.81. The summed E-state index contributed by atoms with van der Waals surface area (Å²) in [4.78, 5) is 0. The molecule has 1 aliphatic carbocycles. The summed E-state index contributed by atoms with van der Waals surface area (Å²) in [5, 5.41) is 0. The summed E-state index contributed by atoms with van der Waals surface area (Å²) in [5.41, 5.74) is -3.07. The quantitative estimate of drug-likeness (QED) is 0.224. The van der Waals surface area contributed by atoms with Gasteiger partial charge in [-0.3, -0.25) is 0 Å². The third kappa shape index (κ3) is 4.42. The first kappa shape index (κ1) is 25.6. The Kier molecular flexibility index (Phi) is 7.02. The van der Waals surface area contributed by atoms with Crippen molar-refractivity contribution in [1.82, 2.24) is 0 Å². The van der Waals surface area contributed by atoms with E-state index >= 15 is 8.78 Å². The third-order valence-electron chi connectivity index (χ3n) is 5.91. The van der Waals surface area contributed by atoms with Gasteiger partial charge < -0.3 is 9.47 Å². The fraction of sp³-hybridized carbons (Fsp3) is 0.259. The van der Waals surface area contributed by atoms with Crippen LogP contribution < -0.4 is 9.47 Å². The molecule has 36 heavy (non-hydrogen) atoms. The van der Waals surface area contributed by atoms with Crippen LogP contribution in [0.25, 0.3) is 11.1 Å². The Balaban J connectivity index is 1.74. The molecule has 9 heteroatoms. The maximum atomic E-state index is 15.3. The molecular formula is C27H21F7O2. The maximum absolute atomic E-state index is 15.3. The molecule has 0 aromatic heterocycles. The van der Waals surface area contributed by atoms with Crippen molar-refractivity contribution in [2.24, 2.45) is 0 Å². The first-order valence-electron chi connectivity index (χ1n) is 11.1. The topological polar surface area (TPSA) is 18.5 Å². The van der Waals surface area contributed by atoms with Gasteiger partial charge in [0.25, 0.3) is 0 Å². The molecule has 3 aromatic rings. The van der Waals surface area contributed by atoms with Gasteiger partial charge in [-0.2, -0.15) is 8.78 Å². The summed E-state index contributed by atoms with van der Waals surface area (Å²) < 4.78 is 114. The summed E-state index contributed by atoms with van der Waals surface area (Å²) in [6.45, 7) is 5.18. The molecule has 0 spiro atoms. The zero-order chi connectivity index (χ0) is 26.2. The monoisotopic (exact) mass is 510 g/mol. The summed E-state index contributed by atoms with van der Waals surface area (Å²) in [5.74, 6) is -5.19. The number of allylic oxidation sites excluding steroid dienone is 1. The highest BCUT2D eigenvalue weighted by Gasteiger charge is 2.45. The van der Waals surface area contributed by atoms with Crippen LogP contribution in [0.15, 0.2) is 55.1 Å². The van der Waals surface area contributed by atoms with Crippen molar-refractivity contribution in [3.63, 3.8) is 0 Å². The number of aryl methyl sites for hydroxylation is 1. The fourth-order valence-electron chi connectivity index (χ4n) is 4.20. The van der Waals surface area contributed by atoms with Crippen LogP contribution >= 0.6 is 0 Å². The highest BCUT2D eigenvalue weighted by atomic mass is 19.3. The van der Waals surface area contributed by atoms with Crippen molar-refractivity contribution in [2.75, 3.05) is 6.61 Å². The van der Waals surface area contributed by atoms with Crippen LogP contribution in [0.1, 0.15) is 47.9 Å². The smallest absolute Gasteiger partial charge is 0.429 e. The largest absolute Gasteiger partial charge is 0.491 e. The molecule has 1 aliphatic rings. The van der Waals surface area contributed by atoms with E-state index in [1.165, 1.54) is 12.1 Å². The highest BCUT2D eigenvalue weighted by Crippen LogP contribution is 2.52. The number of rotatable bonds is 8. The Hall–Kier alpha value is -3.49. The number of hydrogen-bond donors (Lipinski definition) is 0. The van der Waals surface area contributed by atoms with Crippen molar-refractivity contribution in [3.05, 3.63) is 94.8 Å². The maximum Gasteiger partial charge on any atom is 0.429 e. The van der Waals surface area contributed by atoms with Gasteiger partial charge in [0.1, 0.15) is 11.4 Å². The average Bonchev–Trinajstić information content (AvgIpc) is 2.83. The molecular weight excluding hydrogens is 489 g/mol. The zero-order valence-corrected chi connectivity index (χ0v) is 19.1. The van der Waals surface area contributed by atoms with Crippen molar-refractivity contribution in [1.29, 1.82) is 0 Å². The van der Waals surface area contributed by atoms with E-state index in [0.29, 0.717) is 24.5 Å². The van der Waals surface area contributed by atoms with Crippen molar-refractivity contribution in [2.45, 2.75) is 38.2 Å². The molecule has 190 valence electrons. The minimum Gasteiger partial charge on any atom is -0.491 e. The van der Waals surface area contributed by atoms with E-state index in [1.807, 2.05) is 0 Å². The second-order valence-corrected chi connectivity index (χ2v) is 8.17. The zero-order valence-electron chi connectivity index (χ0n) is 19.1. The second kappa shape index (κ2) is 9.87. The molecule has 0 fully saturated rings. The highest BCUT2D eigenvalue weighted by molar-refractivity contribution is 5.76. The summed E-state index contributed by atoms with van der Waals surface area (Å²) in [6, 6.07) is 7.27. The normalized spacial score (nSPS) is 16.8. The van der Waals surface area contributed by atoms with Gasteiger partial charge in [0.2, 0.25) is 0 Å². The molecule has 0 heterocycles. The number of ether oxygens (including phenoxy) is 2. The van der Waals surface area contributed by atoms with Gasteiger partial charge in [0.05, 0.1) is 6.61 Å². The van der Waals surface area contributed by atoms with Gasteiger partial charge >= 0.3 is 6.11 Å². The molecule has 2 unspecified atom stereocenters. The summed E-state index contributed by atoms with van der Waals surface area (Å²) in [7, 11) is 0. The van der Waals surface area contributed by atoms with Crippen molar-refractivity contribution in [3.8, 4) is 22.6 Å². The third-order valence-corrected chi connectivity index (χ3v) is 5.91. The summed E-state index contributed by atoms with van der Waals surface area (Å²) >= 11 is 0. The predicted octanol–water partition coefficient (Wildman–Crippen LogP) is 8.45. The Morgan fingerprint density at radius 2 is 1.50 bits per heavy atom. The van der Waals surface area contributed by atoms with Gasteiger partial charge in [0.15, 0.2) is 35.5 Å². The minimum atomic E-state index is -4.43. The number of benzene rings is 3. The molecule has 0 saturated carbocycles. The van der Waals surface area contributed by atoms with Crippen molar-refractivity contribution >= 4 is 0 Å². The SMILES string of the molecule is C=CCCc1ccc(OC(F)(F)c2ccc3c(c2F)C(F)C(F)c2c-3ccc(OCC)c2F)c(F)c1. The lowest BCUT2D eigenvalue weighted by Crippen LogP contribution is -2.26. The van der Waals surface area contributed by atoms with E-state index in [9.17, 15) is 22.0 Å². The Bertz CT molecular complexity index is 1310. The first-order valence-corrected chi connectivity index (χ1v) is 11.1. The lowest BCUT2D eigenvalue weighted by Gasteiger charge is -2.29. The van der Waals surface area contributed by atoms with Gasteiger partial charge in [-0.15, -0.1) is 6.58 Å². The van der Waals surface area contributed by atoms with Crippen LogP contribution in [0.2, 0.25) is 0 Å². The van der Waals surface area contributed by atoms with E-state index < -0.39 is 58.3 Å². The molecule has 0 amide bonds. The van der Waals surface area contributed by atoms with Crippen LogP contribution in [0, 0.1) is 17.5 Å². The van der Waals surface area contributed by atoms with E-state index in [2.05, 4.69) is 11.3 Å². The van der Waals surface area contributed by atoms with Crippen LogP contribution in [-0.4, -0.2) is 6.61 Å². The summed E-state index contributed by atoms with van der Waals surface area (Å²) in [6.07, 6.45) is -7.31. The van der Waals surface area contributed by atoms with E-state index in [-0.39, 0.29) is 23.5 Å². The molecule has 0 bridgehead atoms. The number of hydrogen-bond acceptors (Lipinski definition) is 2. The van der Waals surface area contributed by atoms with E-state index in [1.54, 1.807) is 13.0 Å². The standard InChI is InChI=1S/C27H21F7O2/c1-3-5-6-14-7-11-19(18(28)13-14)36-27(33,34)17-10-8-15-16-9-12-20(35-4-2)24(30)22(16)26(32)25(31)21(15)23(17)29/h3,7-13,25-26H,1,4-6H2,2H3. The number of fused-ring (bicyclic) bond motifs is 3. The molecule has 0 aliphatic heterocycles. The van der Waals surface area contributed by atoms with Crippen LogP contribution in [-0.2, 0) is 12.5 Å². The average molecular weight is 510 g/mol. The first-order chi connectivity index (χ1) is 17.1. The molecule has 2 atom stereocenters. The van der Waals surface area contributed by atoms with Crippen LogP contribution in [0.3, 0.4) is 0 Å². The Morgan fingerprint density at radius 3 is 2.11 bits per heavy atom. The Morgan fingerprint density at radius 1 is 0.889 bits per heavy atom. The molecule has 4 rings (SSSR count). The van der Waals surface area contributed by atoms with Gasteiger partial charge in [-0.05, 0) is 60.7 Å². The number of halogens is 7. The van der Waals surface area contributed by atoms with Crippen molar-refractivity contribution < 1.29 is 40.2 Å². The van der Waals surface area contributed by atoms with Gasteiger partial charge in [-0.1, -0.05) is 24.3 Å².